The summed E-state index contributed by atoms with van der Waals surface area (Å²) in [4.78, 5) is 16.1. The molecule has 6 heteroatoms. The van der Waals surface area contributed by atoms with Crippen molar-refractivity contribution in [2.45, 2.75) is 39.3 Å². The van der Waals surface area contributed by atoms with Gasteiger partial charge in [-0.3, -0.25) is 4.90 Å². The van der Waals surface area contributed by atoms with Crippen LogP contribution in [0.15, 0.2) is 0 Å². The van der Waals surface area contributed by atoms with Crippen LogP contribution in [0.3, 0.4) is 0 Å². The van der Waals surface area contributed by atoms with Gasteiger partial charge in [-0.1, -0.05) is 0 Å². The van der Waals surface area contributed by atoms with Crippen LogP contribution in [0.1, 0.15) is 27.7 Å². The minimum absolute atomic E-state index is 0.202. The summed E-state index contributed by atoms with van der Waals surface area (Å²) in [5.41, 5.74) is 5.14. The van der Waals surface area contributed by atoms with E-state index in [-0.39, 0.29) is 6.09 Å². The molecule has 1 rings (SSSR count). The van der Waals surface area contributed by atoms with E-state index in [1.807, 2.05) is 20.8 Å². The van der Waals surface area contributed by atoms with E-state index in [0.717, 1.165) is 39.3 Å². The lowest BCUT2D eigenvalue weighted by molar-refractivity contribution is 0.0146. The fourth-order valence-electron chi connectivity index (χ4n) is 2.03. The third kappa shape index (κ3) is 6.54. The van der Waals surface area contributed by atoms with Gasteiger partial charge in [0.1, 0.15) is 5.60 Å². The Morgan fingerprint density at radius 1 is 1.30 bits per heavy atom. The monoisotopic (exact) mass is 286 g/mol. The first-order valence-electron chi connectivity index (χ1n) is 7.45. The Morgan fingerprint density at radius 3 is 2.40 bits per heavy atom. The number of nitrogens with two attached hydrogens (primary N) is 1. The number of hydrogen-bond donors (Lipinski definition) is 2. The molecule has 6 nitrogen and oxygen atoms in total. The first kappa shape index (κ1) is 17.2. The Bertz CT molecular complexity index is 296. The molecule has 1 atom stereocenters. The maximum absolute atomic E-state index is 11.9. The number of rotatable bonds is 5. The van der Waals surface area contributed by atoms with Crippen molar-refractivity contribution in [3.8, 4) is 0 Å². The lowest BCUT2D eigenvalue weighted by Crippen LogP contribution is -2.51. The third-order valence-corrected chi connectivity index (χ3v) is 3.30. The Morgan fingerprint density at radius 2 is 1.90 bits per heavy atom. The summed E-state index contributed by atoms with van der Waals surface area (Å²) in [6, 6.07) is 0.359. The summed E-state index contributed by atoms with van der Waals surface area (Å²) < 4.78 is 5.38. The molecule has 0 aromatic carbocycles. The van der Waals surface area contributed by atoms with Crippen LogP contribution in [0.4, 0.5) is 4.79 Å². The topological polar surface area (TPSA) is 70.8 Å². The van der Waals surface area contributed by atoms with Crippen molar-refractivity contribution in [3.05, 3.63) is 0 Å². The number of carbonyl (C=O) groups is 1. The van der Waals surface area contributed by atoms with E-state index in [1.165, 1.54) is 0 Å². The first-order chi connectivity index (χ1) is 9.31. The lowest BCUT2D eigenvalue weighted by atomic mass is 10.2. The molecule has 0 saturated carbocycles. The zero-order valence-corrected chi connectivity index (χ0v) is 13.3. The highest BCUT2D eigenvalue weighted by atomic mass is 16.6. The largest absolute Gasteiger partial charge is 0.444 e. The average molecular weight is 286 g/mol. The molecule has 1 saturated heterocycles. The Labute approximate surface area is 122 Å². The van der Waals surface area contributed by atoms with Gasteiger partial charge in [-0.05, 0) is 27.7 Å². The van der Waals surface area contributed by atoms with Gasteiger partial charge in [-0.2, -0.15) is 0 Å². The minimum atomic E-state index is -0.420. The van der Waals surface area contributed by atoms with E-state index in [9.17, 15) is 4.79 Å². The molecule has 0 spiro atoms. The van der Waals surface area contributed by atoms with Gasteiger partial charge in [0.05, 0.1) is 0 Å². The van der Waals surface area contributed by atoms with Gasteiger partial charge in [0.25, 0.3) is 0 Å². The molecule has 1 unspecified atom stereocenters. The Hall–Kier alpha value is -0.850. The third-order valence-electron chi connectivity index (χ3n) is 3.30. The van der Waals surface area contributed by atoms with Crippen LogP contribution in [-0.4, -0.2) is 73.3 Å². The number of nitrogens with zero attached hydrogens (tertiary/aromatic N) is 2. The average Bonchev–Trinajstić information content (AvgIpc) is 2.37. The number of carbonyl (C=O) groups excluding carboxylic acids is 1. The number of piperazine rings is 1. The zero-order chi connectivity index (χ0) is 15.2. The van der Waals surface area contributed by atoms with Crippen LogP contribution < -0.4 is 11.1 Å². The minimum Gasteiger partial charge on any atom is -0.444 e. The molecule has 1 aliphatic rings. The SMILES string of the molecule is CC(CN)NCCN1CCN(C(=O)OC(C)(C)C)CC1. The second-order valence-electron chi connectivity index (χ2n) is 6.40. The zero-order valence-electron chi connectivity index (χ0n) is 13.3. The maximum Gasteiger partial charge on any atom is 0.410 e. The summed E-state index contributed by atoms with van der Waals surface area (Å²) in [5, 5.41) is 3.37. The lowest BCUT2D eigenvalue weighted by Gasteiger charge is -2.35. The van der Waals surface area contributed by atoms with Crippen LogP contribution in [0.5, 0.6) is 0 Å². The molecule has 1 fully saturated rings. The normalized spacial score (nSPS) is 18.9. The van der Waals surface area contributed by atoms with Crippen molar-refractivity contribution in [2.24, 2.45) is 5.73 Å². The van der Waals surface area contributed by atoms with Crippen LogP contribution in [0.25, 0.3) is 0 Å². The van der Waals surface area contributed by atoms with Gasteiger partial charge in [-0.15, -0.1) is 0 Å². The van der Waals surface area contributed by atoms with Gasteiger partial charge in [0.15, 0.2) is 0 Å². The quantitative estimate of drug-likeness (QED) is 0.769. The van der Waals surface area contributed by atoms with Crippen molar-refractivity contribution in [3.63, 3.8) is 0 Å². The molecular weight excluding hydrogens is 256 g/mol. The second kappa shape index (κ2) is 7.81. The van der Waals surface area contributed by atoms with Crippen molar-refractivity contribution in [1.82, 2.24) is 15.1 Å². The van der Waals surface area contributed by atoms with Gasteiger partial charge >= 0.3 is 6.09 Å². The summed E-state index contributed by atoms with van der Waals surface area (Å²) >= 11 is 0. The predicted octanol–water partition coefficient (Wildman–Crippen LogP) is 0.476. The molecule has 118 valence electrons. The standard InChI is InChI=1S/C14H30N4O2/c1-12(11-15)16-5-6-17-7-9-18(10-8-17)13(19)20-14(2,3)4/h12,16H,5-11,15H2,1-4H3. The predicted molar refractivity (Wildman–Crippen MR) is 80.8 cm³/mol. The fourth-order valence-corrected chi connectivity index (χ4v) is 2.03. The number of hydrogen-bond acceptors (Lipinski definition) is 5. The van der Waals surface area contributed by atoms with Crippen LogP contribution in [0.2, 0.25) is 0 Å². The highest BCUT2D eigenvalue weighted by molar-refractivity contribution is 5.68. The molecule has 0 aromatic heterocycles. The molecular formula is C14H30N4O2. The molecule has 1 amide bonds. The fraction of sp³-hybridized carbons (Fsp3) is 0.929. The van der Waals surface area contributed by atoms with E-state index < -0.39 is 5.60 Å². The van der Waals surface area contributed by atoms with Crippen molar-refractivity contribution < 1.29 is 9.53 Å². The van der Waals surface area contributed by atoms with E-state index in [2.05, 4.69) is 17.1 Å². The first-order valence-corrected chi connectivity index (χ1v) is 7.45. The maximum atomic E-state index is 11.9. The van der Waals surface area contributed by atoms with Gasteiger partial charge in [0, 0.05) is 51.9 Å². The van der Waals surface area contributed by atoms with E-state index in [4.69, 9.17) is 10.5 Å². The summed E-state index contributed by atoms with van der Waals surface area (Å²) in [6.07, 6.45) is -0.202. The molecule has 20 heavy (non-hydrogen) atoms. The highest BCUT2D eigenvalue weighted by Crippen LogP contribution is 2.11. The summed E-state index contributed by atoms with van der Waals surface area (Å²) in [6.45, 7) is 13.6. The van der Waals surface area contributed by atoms with E-state index in [0.29, 0.717) is 12.6 Å². The number of nitrogens with one attached hydrogen (secondary N) is 1. The molecule has 0 aromatic rings. The van der Waals surface area contributed by atoms with Gasteiger partial charge < -0.3 is 20.7 Å². The van der Waals surface area contributed by atoms with Gasteiger partial charge in [0.2, 0.25) is 0 Å². The molecule has 1 heterocycles. The molecule has 0 bridgehead atoms. The molecule has 0 radical (unpaired) electrons. The van der Waals surface area contributed by atoms with E-state index in [1.54, 1.807) is 4.90 Å². The van der Waals surface area contributed by atoms with Crippen molar-refractivity contribution in [2.75, 3.05) is 45.8 Å². The molecule has 1 aliphatic heterocycles. The number of ether oxygens (including phenoxy) is 1. The highest BCUT2D eigenvalue weighted by Gasteiger charge is 2.25. The molecule has 0 aliphatic carbocycles. The molecule has 3 N–H and O–H groups in total. The summed E-state index contributed by atoms with van der Waals surface area (Å²) in [7, 11) is 0. The van der Waals surface area contributed by atoms with Gasteiger partial charge in [-0.25, -0.2) is 4.79 Å². The second-order valence-corrected chi connectivity index (χ2v) is 6.40. The Kier molecular flexibility index (Phi) is 6.71. The van der Waals surface area contributed by atoms with Crippen LogP contribution in [0, 0.1) is 0 Å². The number of amides is 1. The van der Waals surface area contributed by atoms with Crippen LogP contribution in [-0.2, 0) is 4.74 Å². The smallest absolute Gasteiger partial charge is 0.410 e. The Balaban J connectivity index is 2.21. The van der Waals surface area contributed by atoms with Crippen molar-refractivity contribution >= 4 is 6.09 Å². The van der Waals surface area contributed by atoms with E-state index >= 15 is 0 Å². The van der Waals surface area contributed by atoms with Crippen LogP contribution >= 0.6 is 0 Å². The summed E-state index contributed by atoms with van der Waals surface area (Å²) in [5.74, 6) is 0. The van der Waals surface area contributed by atoms with Crippen molar-refractivity contribution in [1.29, 1.82) is 0 Å².